The molecule has 1 aliphatic heterocycles. The average molecular weight is 430 g/mol. The maximum Gasteiger partial charge on any atom is 0.261 e. The molecule has 2 aromatic rings. The number of aromatic nitrogens is 2. The molecule has 1 saturated heterocycles. The van der Waals surface area contributed by atoms with Gasteiger partial charge in [-0.2, -0.15) is 9.40 Å². The molecule has 0 saturated carbocycles. The first-order valence-electron chi connectivity index (χ1n) is 8.06. The zero-order valence-corrected chi connectivity index (χ0v) is 16.3. The van der Waals surface area contributed by atoms with Gasteiger partial charge in [0.25, 0.3) is 10.0 Å². The van der Waals surface area contributed by atoms with Gasteiger partial charge in [-0.05, 0) is 12.1 Å². The van der Waals surface area contributed by atoms with Gasteiger partial charge in [-0.1, -0.05) is 11.6 Å². The third-order valence-corrected chi connectivity index (χ3v) is 6.84. The van der Waals surface area contributed by atoms with Crippen molar-refractivity contribution in [2.45, 2.75) is 16.7 Å². The highest BCUT2D eigenvalue weighted by molar-refractivity contribution is 7.89. The molecule has 1 aromatic heterocycles. The molecule has 1 aromatic carbocycles. The van der Waals surface area contributed by atoms with Crippen LogP contribution in [0.15, 0.2) is 29.4 Å². The Balaban J connectivity index is 1.90. The van der Waals surface area contributed by atoms with Gasteiger partial charge in [0.05, 0.1) is 24.3 Å². The number of nitrogens with two attached hydrogens (primary N) is 1. The Morgan fingerprint density at radius 1 is 1.57 bits per heavy atom. The number of hydrogen-bond donors (Lipinski definition) is 2. The molecule has 9 nitrogen and oxygen atoms in total. The highest BCUT2D eigenvalue weighted by atomic mass is 35.5. The SMILES string of the molecule is [C-]#[N+]c1ccc(O[C@H]2CN(S(=O)(=O)c3c(Cl)cnn3C)C[C@@]2(O)CN)cc1F. The zero-order chi connectivity index (χ0) is 20.7. The number of hydrogen-bond acceptors (Lipinski definition) is 6. The highest BCUT2D eigenvalue weighted by Gasteiger charge is 2.51. The standard InChI is InChI=1S/C16H17ClFN5O4S/c1-20-13-4-3-10(5-12(13)18)27-14-7-23(9-16(14,24)8-19)28(25,26)15-11(17)6-21-22(15)2/h3-6,14,24H,7-9,19H2,2H3/t14-,16-/m0/s1. The number of sulfonamides is 1. The Morgan fingerprint density at radius 2 is 2.29 bits per heavy atom. The molecule has 1 fully saturated rings. The Morgan fingerprint density at radius 3 is 2.82 bits per heavy atom. The third-order valence-electron chi connectivity index (χ3n) is 4.52. The predicted molar refractivity (Wildman–Crippen MR) is 98.1 cm³/mol. The fourth-order valence-electron chi connectivity index (χ4n) is 2.98. The lowest BCUT2D eigenvalue weighted by molar-refractivity contribution is -0.0200. The van der Waals surface area contributed by atoms with Crippen LogP contribution in [-0.4, -0.2) is 58.9 Å². The second-order valence-corrected chi connectivity index (χ2v) is 8.62. The molecule has 0 bridgehead atoms. The van der Waals surface area contributed by atoms with Crippen molar-refractivity contribution in [2.24, 2.45) is 12.8 Å². The summed E-state index contributed by atoms with van der Waals surface area (Å²) >= 11 is 5.95. The van der Waals surface area contributed by atoms with Crippen LogP contribution in [0.2, 0.25) is 5.02 Å². The maximum absolute atomic E-state index is 13.8. The van der Waals surface area contributed by atoms with Crippen molar-refractivity contribution in [1.29, 1.82) is 0 Å². The number of rotatable bonds is 5. The number of ether oxygens (including phenoxy) is 1. The Hall–Kier alpha value is -2.23. The van der Waals surface area contributed by atoms with E-state index in [9.17, 15) is 17.9 Å². The summed E-state index contributed by atoms with van der Waals surface area (Å²) in [6, 6.07) is 3.60. The maximum atomic E-state index is 13.8. The van der Waals surface area contributed by atoms with Crippen LogP contribution in [0.25, 0.3) is 4.85 Å². The fourth-order valence-corrected chi connectivity index (χ4v) is 5.09. The summed E-state index contributed by atoms with van der Waals surface area (Å²) < 4.78 is 47.5. The van der Waals surface area contributed by atoms with Crippen molar-refractivity contribution < 1.29 is 22.7 Å². The van der Waals surface area contributed by atoms with Crippen LogP contribution in [0.3, 0.4) is 0 Å². The molecule has 0 unspecified atom stereocenters. The van der Waals surface area contributed by atoms with E-state index in [-0.39, 0.29) is 41.1 Å². The smallest absolute Gasteiger partial charge is 0.261 e. The minimum atomic E-state index is -4.09. The number of halogens is 2. The van der Waals surface area contributed by atoms with Gasteiger partial charge < -0.3 is 15.6 Å². The molecule has 0 aliphatic carbocycles. The van der Waals surface area contributed by atoms with E-state index in [1.54, 1.807) is 0 Å². The van der Waals surface area contributed by atoms with Crippen molar-refractivity contribution >= 4 is 27.3 Å². The van der Waals surface area contributed by atoms with Crippen LogP contribution in [0.1, 0.15) is 0 Å². The van der Waals surface area contributed by atoms with Gasteiger partial charge in [0.15, 0.2) is 5.03 Å². The summed E-state index contributed by atoms with van der Waals surface area (Å²) in [4.78, 5) is 3.02. The summed E-state index contributed by atoms with van der Waals surface area (Å²) in [6.07, 6.45) is 0.146. The van der Waals surface area contributed by atoms with Crippen LogP contribution in [-0.2, 0) is 17.1 Å². The van der Waals surface area contributed by atoms with Crippen molar-refractivity contribution in [3.8, 4) is 5.75 Å². The summed E-state index contributed by atoms with van der Waals surface area (Å²) in [6.45, 7) is 6.02. The molecule has 12 heteroatoms. The highest BCUT2D eigenvalue weighted by Crippen LogP contribution is 2.33. The van der Waals surface area contributed by atoms with E-state index >= 15 is 0 Å². The molecule has 0 radical (unpaired) electrons. The topological polar surface area (TPSA) is 115 Å². The number of benzene rings is 1. The fraction of sp³-hybridized carbons (Fsp3) is 0.375. The minimum Gasteiger partial charge on any atom is -0.486 e. The number of nitrogens with zero attached hydrogens (tertiary/aromatic N) is 4. The normalized spacial score (nSPS) is 22.9. The van der Waals surface area contributed by atoms with Gasteiger partial charge in [0, 0.05) is 26.2 Å². The Bertz CT molecular complexity index is 1030. The van der Waals surface area contributed by atoms with E-state index in [2.05, 4.69) is 9.94 Å². The van der Waals surface area contributed by atoms with E-state index < -0.39 is 27.5 Å². The van der Waals surface area contributed by atoms with Gasteiger partial charge in [-0.15, -0.1) is 0 Å². The molecule has 150 valence electrons. The number of aliphatic hydroxyl groups is 1. The van der Waals surface area contributed by atoms with Crippen molar-refractivity contribution in [2.75, 3.05) is 19.6 Å². The number of β-amino-alcohol motifs (C(OH)–C–C–N with tert-alkyl or cyclic N) is 1. The van der Waals surface area contributed by atoms with Gasteiger partial charge in [0.2, 0.25) is 5.69 Å². The molecule has 1 aliphatic rings. The van der Waals surface area contributed by atoms with E-state index in [0.717, 1.165) is 15.1 Å². The van der Waals surface area contributed by atoms with Crippen molar-refractivity contribution in [3.05, 3.63) is 46.7 Å². The zero-order valence-electron chi connectivity index (χ0n) is 14.7. The van der Waals surface area contributed by atoms with Gasteiger partial charge in [-0.3, -0.25) is 4.68 Å². The van der Waals surface area contributed by atoms with Gasteiger partial charge in [-0.25, -0.2) is 17.7 Å². The Labute approximate surface area is 165 Å². The summed E-state index contributed by atoms with van der Waals surface area (Å²) in [5.74, 6) is -0.743. The van der Waals surface area contributed by atoms with Crippen LogP contribution in [0.4, 0.5) is 10.1 Å². The first-order chi connectivity index (χ1) is 13.1. The quantitative estimate of drug-likeness (QED) is 0.682. The molecule has 3 rings (SSSR count). The van der Waals surface area contributed by atoms with Crippen LogP contribution < -0.4 is 10.5 Å². The molecular formula is C16H17ClFN5O4S. The van der Waals surface area contributed by atoms with Crippen LogP contribution in [0, 0.1) is 12.4 Å². The van der Waals surface area contributed by atoms with Crippen molar-refractivity contribution in [1.82, 2.24) is 14.1 Å². The first kappa shape index (κ1) is 20.5. The molecule has 0 spiro atoms. The van der Waals surface area contributed by atoms with E-state index in [0.29, 0.717) is 0 Å². The van der Waals surface area contributed by atoms with Gasteiger partial charge >= 0.3 is 0 Å². The lowest BCUT2D eigenvalue weighted by Crippen LogP contribution is -2.51. The van der Waals surface area contributed by atoms with E-state index in [4.69, 9.17) is 28.6 Å². The summed E-state index contributed by atoms with van der Waals surface area (Å²) in [5.41, 5.74) is 3.78. The van der Waals surface area contributed by atoms with Gasteiger partial charge in [0.1, 0.15) is 23.3 Å². The predicted octanol–water partition coefficient (Wildman–Crippen LogP) is 0.905. The first-order valence-corrected chi connectivity index (χ1v) is 9.88. The third kappa shape index (κ3) is 3.45. The lowest BCUT2D eigenvalue weighted by Gasteiger charge is -2.27. The minimum absolute atomic E-state index is 0.0413. The number of aryl methyl sites for hydroxylation is 1. The molecule has 3 N–H and O–H groups in total. The van der Waals surface area contributed by atoms with E-state index in [1.807, 2.05) is 0 Å². The molecule has 2 atom stereocenters. The van der Waals surface area contributed by atoms with Crippen molar-refractivity contribution in [3.63, 3.8) is 0 Å². The van der Waals surface area contributed by atoms with Crippen LogP contribution in [0.5, 0.6) is 5.75 Å². The monoisotopic (exact) mass is 429 g/mol. The molecule has 28 heavy (non-hydrogen) atoms. The summed E-state index contributed by atoms with van der Waals surface area (Å²) in [7, 11) is -2.66. The molecule has 0 amide bonds. The average Bonchev–Trinajstić information content (AvgIpc) is 3.16. The van der Waals surface area contributed by atoms with Crippen LogP contribution >= 0.6 is 11.6 Å². The second-order valence-electron chi connectivity index (χ2n) is 6.36. The molecule has 2 heterocycles. The lowest BCUT2D eigenvalue weighted by atomic mass is 10.0. The second kappa shape index (κ2) is 7.31. The largest absolute Gasteiger partial charge is 0.486 e. The Kier molecular flexibility index (Phi) is 5.35. The summed E-state index contributed by atoms with van der Waals surface area (Å²) in [5, 5.41) is 14.3. The molecular weight excluding hydrogens is 413 g/mol. The van der Waals surface area contributed by atoms with E-state index in [1.165, 1.54) is 25.4 Å².